The smallest absolute Gasteiger partial charge is 0.309 e. The van der Waals surface area contributed by atoms with Crippen LogP contribution in [0, 0.1) is 5.92 Å². The second-order valence-electron chi connectivity index (χ2n) is 4.72. The van der Waals surface area contributed by atoms with Gasteiger partial charge >= 0.3 is 5.97 Å². The lowest BCUT2D eigenvalue weighted by Gasteiger charge is -2.22. The molecule has 6 nitrogen and oxygen atoms in total. The van der Waals surface area contributed by atoms with Crippen molar-refractivity contribution in [3.05, 3.63) is 18.2 Å². The molecule has 2 aromatic rings. The van der Waals surface area contributed by atoms with Crippen molar-refractivity contribution < 1.29 is 14.3 Å². The molecule has 0 unspecified atom stereocenters. The molecule has 1 aliphatic carbocycles. The number of ether oxygens (including phenoxy) is 1. The standard InChI is InChI=1S/C13H13N3O3S/c17-11(7-19-13(18)8-3-1-4-8)14-9-5-2-6-10-12(9)16-20-15-10/h2,5-6,8H,1,3-4,7H2,(H,14,17). The van der Waals surface area contributed by atoms with Gasteiger partial charge in [-0.2, -0.15) is 8.75 Å². The van der Waals surface area contributed by atoms with Crippen LogP contribution >= 0.6 is 11.7 Å². The van der Waals surface area contributed by atoms with E-state index in [4.69, 9.17) is 4.74 Å². The zero-order chi connectivity index (χ0) is 13.9. The van der Waals surface area contributed by atoms with E-state index in [1.165, 1.54) is 0 Å². The summed E-state index contributed by atoms with van der Waals surface area (Å²) >= 11 is 1.09. The summed E-state index contributed by atoms with van der Waals surface area (Å²) in [6, 6.07) is 5.36. The summed E-state index contributed by atoms with van der Waals surface area (Å²) in [5.74, 6) is -0.660. The second kappa shape index (κ2) is 5.54. The Bertz CT molecular complexity index is 651. The minimum Gasteiger partial charge on any atom is -0.455 e. The average molecular weight is 291 g/mol. The Labute approximate surface area is 119 Å². The molecule has 1 N–H and O–H groups in total. The maximum Gasteiger partial charge on any atom is 0.309 e. The van der Waals surface area contributed by atoms with Gasteiger partial charge in [-0.15, -0.1) is 0 Å². The number of hydrogen-bond acceptors (Lipinski definition) is 6. The van der Waals surface area contributed by atoms with Crippen molar-refractivity contribution >= 4 is 40.3 Å². The summed E-state index contributed by atoms with van der Waals surface area (Å²) in [4.78, 5) is 23.3. The molecule has 1 heterocycles. The van der Waals surface area contributed by atoms with Crippen LogP contribution in [0.5, 0.6) is 0 Å². The molecule has 104 valence electrons. The molecule has 1 fully saturated rings. The first-order chi connectivity index (χ1) is 9.74. The molecule has 1 aliphatic rings. The van der Waals surface area contributed by atoms with Crippen LogP contribution in [-0.2, 0) is 14.3 Å². The van der Waals surface area contributed by atoms with E-state index in [1.807, 2.05) is 6.07 Å². The number of hydrogen-bond donors (Lipinski definition) is 1. The van der Waals surface area contributed by atoms with Crippen LogP contribution in [-0.4, -0.2) is 27.2 Å². The fourth-order valence-electron chi connectivity index (χ4n) is 1.99. The third-order valence-corrected chi connectivity index (χ3v) is 3.89. The number of aromatic nitrogens is 2. The predicted molar refractivity (Wildman–Crippen MR) is 74.3 cm³/mol. The molecule has 1 aromatic heterocycles. The van der Waals surface area contributed by atoms with E-state index < -0.39 is 0 Å². The molecular formula is C13H13N3O3S. The van der Waals surface area contributed by atoms with Gasteiger partial charge in [-0.3, -0.25) is 9.59 Å². The van der Waals surface area contributed by atoms with Gasteiger partial charge in [0.1, 0.15) is 11.0 Å². The number of nitrogens with zero attached hydrogens (tertiary/aromatic N) is 2. The Kier molecular flexibility index (Phi) is 3.60. The number of esters is 1. The van der Waals surface area contributed by atoms with Gasteiger partial charge in [0.05, 0.1) is 23.3 Å². The zero-order valence-electron chi connectivity index (χ0n) is 10.7. The van der Waals surface area contributed by atoms with Gasteiger partial charge in [0.15, 0.2) is 6.61 Å². The van der Waals surface area contributed by atoms with Crippen LogP contribution in [0.4, 0.5) is 5.69 Å². The van der Waals surface area contributed by atoms with E-state index in [-0.39, 0.29) is 24.4 Å². The predicted octanol–water partition coefficient (Wildman–Crippen LogP) is 1.97. The van der Waals surface area contributed by atoms with Crippen LogP contribution in [0.3, 0.4) is 0 Å². The van der Waals surface area contributed by atoms with Crippen LogP contribution in [0.1, 0.15) is 19.3 Å². The first-order valence-electron chi connectivity index (χ1n) is 6.42. The average Bonchev–Trinajstić information content (AvgIpc) is 2.83. The number of carbonyl (C=O) groups excluding carboxylic acids is 2. The van der Waals surface area contributed by atoms with Crippen LogP contribution < -0.4 is 5.32 Å². The number of fused-ring (bicyclic) bond motifs is 1. The monoisotopic (exact) mass is 291 g/mol. The zero-order valence-corrected chi connectivity index (χ0v) is 11.5. The molecule has 3 rings (SSSR count). The highest BCUT2D eigenvalue weighted by Gasteiger charge is 2.27. The summed E-state index contributed by atoms with van der Waals surface area (Å²) < 4.78 is 13.2. The molecule has 0 atom stereocenters. The molecule has 0 saturated heterocycles. The summed E-state index contributed by atoms with van der Waals surface area (Å²) in [5, 5.41) is 2.69. The van der Waals surface area contributed by atoms with Gasteiger partial charge in [0.25, 0.3) is 5.91 Å². The molecule has 7 heteroatoms. The molecule has 1 amide bonds. The van der Waals surface area contributed by atoms with Crippen molar-refractivity contribution in [1.82, 2.24) is 8.75 Å². The highest BCUT2D eigenvalue weighted by molar-refractivity contribution is 7.00. The summed E-state index contributed by atoms with van der Waals surface area (Å²) in [7, 11) is 0. The van der Waals surface area contributed by atoms with E-state index in [0.717, 1.165) is 36.5 Å². The van der Waals surface area contributed by atoms with Crippen molar-refractivity contribution in [3.8, 4) is 0 Å². The number of benzene rings is 1. The number of anilines is 1. The van der Waals surface area contributed by atoms with E-state index in [0.29, 0.717) is 11.2 Å². The van der Waals surface area contributed by atoms with Crippen LogP contribution in [0.25, 0.3) is 11.0 Å². The third kappa shape index (κ3) is 2.62. The molecule has 20 heavy (non-hydrogen) atoms. The number of amides is 1. The molecule has 1 aromatic carbocycles. The number of carbonyl (C=O) groups is 2. The molecule has 0 radical (unpaired) electrons. The van der Waals surface area contributed by atoms with Crippen LogP contribution in [0.2, 0.25) is 0 Å². The Balaban J connectivity index is 1.58. The van der Waals surface area contributed by atoms with Gasteiger partial charge in [0.2, 0.25) is 0 Å². The summed E-state index contributed by atoms with van der Waals surface area (Å²) in [6.07, 6.45) is 2.79. The highest BCUT2D eigenvalue weighted by Crippen LogP contribution is 2.27. The largest absolute Gasteiger partial charge is 0.455 e. The second-order valence-corrected chi connectivity index (χ2v) is 5.25. The molecular weight excluding hydrogens is 278 g/mol. The molecule has 1 saturated carbocycles. The lowest BCUT2D eigenvalue weighted by Crippen LogP contribution is -2.28. The number of rotatable bonds is 4. The lowest BCUT2D eigenvalue weighted by atomic mass is 9.86. The SMILES string of the molecule is O=C(COC(=O)C1CCC1)Nc1cccc2nsnc12. The van der Waals surface area contributed by atoms with Gasteiger partial charge in [-0.05, 0) is 25.0 Å². The fourth-order valence-corrected chi connectivity index (χ4v) is 2.54. The van der Waals surface area contributed by atoms with Crippen molar-refractivity contribution in [2.75, 3.05) is 11.9 Å². The Morgan fingerprint density at radius 2 is 2.20 bits per heavy atom. The molecule has 0 bridgehead atoms. The number of nitrogens with one attached hydrogen (secondary N) is 1. The van der Waals surface area contributed by atoms with Crippen molar-refractivity contribution in [2.24, 2.45) is 5.92 Å². The quantitative estimate of drug-likeness (QED) is 0.871. The van der Waals surface area contributed by atoms with Crippen molar-refractivity contribution in [2.45, 2.75) is 19.3 Å². The summed E-state index contributed by atoms with van der Waals surface area (Å²) in [6.45, 7) is -0.261. The molecule has 0 aliphatic heterocycles. The Morgan fingerprint density at radius 1 is 1.35 bits per heavy atom. The van der Waals surface area contributed by atoms with Gasteiger partial charge in [-0.25, -0.2) is 0 Å². The normalized spacial score (nSPS) is 14.8. The van der Waals surface area contributed by atoms with Crippen molar-refractivity contribution in [3.63, 3.8) is 0 Å². The summed E-state index contributed by atoms with van der Waals surface area (Å²) in [5.41, 5.74) is 1.97. The van der Waals surface area contributed by atoms with Gasteiger partial charge in [0, 0.05) is 0 Å². The van der Waals surface area contributed by atoms with Gasteiger partial charge in [-0.1, -0.05) is 12.5 Å². The lowest BCUT2D eigenvalue weighted by molar-refractivity contribution is -0.154. The highest BCUT2D eigenvalue weighted by atomic mass is 32.1. The first-order valence-corrected chi connectivity index (χ1v) is 7.15. The van der Waals surface area contributed by atoms with Crippen molar-refractivity contribution in [1.29, 1.82) is 0 Å². The maximum atomic E-state index is 11.8. The third-order valence-electron chi connectivity index (χ3n) is 3.34. The fraction of sp³-hybridized carbons (Fsp3) is 0.385. The topological polar surface area (TPSA) is 81.2 Å². The van der Waals surface area contributed by atoms with E-state index in [2.05, 4.69) is 14.1 Å². The first kappa shape index (κ1) is 13.0. The van der Waals surface area contributed by atoms with E-state index in [9.17, 15) is 9.59 Å². The maximum absolute atomic E-state index is 11.8. The molecule has 0 spiro atoms. The van der Waals surface area contributed by atoms with Gasteiger partial charge < -0.3 is 10.1 Å². The Hall–Kier alpha value is -2.02. The van der Waals surface area contributed by atoms with E-state index in [1.54, 1.807) is 12.1 Å². The van der Waals surface area contributed by atoms with E-state index >= 15 is 0 Å². The minimum absolute atomic E-state index is 0.0195. The minimum atomic E-state index is -0.363. The Morgan fingerprint density at radius 3 is 2.95 bits per heavy atom. The van der Waals surface area contributed by atoms with Crippen LogP contribution in [0.15, 0.2) is 18.2 Å².